The first-order chi connectivity index (χ1) is 12.0. The number of nitrogens with one attached hydrogen (secondary N) is 1. The minimum Gasteiger partial charge on any atom is -0.453 e. The zero-order valence-corrected chi connectivity index (χ0v) is 13.8. The predicted molar refractivity (Wildman–Crippen MR) is 92.6 cm³/mol. The Bertz CT molecular complexity index is 692. The van der Waals surface area contributed by atoms with Gasteiger partial charge in [0.1, 0.15) is 0 Å². The maximum Gasteiger partial charge on any atom is 0.318 e. The van der Waals surface area contributed by atoms with Gasteiger partial charge in [-0.2, -0.15) is 0 Å². The third-order valence-electron chi connectivity index (χ3n) is 3.70. The number of hydrogen-bond acceptors (Lipinski definition) is 4. The number of rotatable bonds is 6. The molecule has 0 spiro atoms. The fourth-order valence-corrected chi connectivity index (χ4v) is 2.49. The topological polar surface area (TPSA) is 98.5 Å². The Kier molecular flexibility index (Phi) is 6.28. The van der Waals surface area contributed by atoms with Gasteiger partial charge in [0.25, 0.3) is 5.91 Å². The van der Waals surface area contributed by atoms with Crippen molar-refractivity contribution < 1.29 is 19.1 Å². The molecule has 1 atom stereocenters. The molecule has 25 heavy (non-hydrogen) atoms. The Morgan fingerprint density at radius 3 is 1.88 bits per heavy atom. The number of ether oxygens (including phenoxy) is 1. The third-order valence-corrected chi connectivity index (χ3v) is 3.70. The average Bonchev–Trinajstić information content (AvgIpc) is 2.60. The van der Waals surface area contributed by atoms with Crippen LogP contribution in [0.1, 0.15) is 30.4 Å². The fraction of sp³-hybridized carbons (Fsp3) is 0.211. The van der Waals surface area contributed by atoms with E-state index in [1.165, 1.54) is 6.92 Å². The van der Waals surface area contributed by atoms with E-state index in [2.05, 4.69) is 0 Å². The summed E-state index contributed by atoms with van der Waals surface area (Å²) < 4.78 is 5.13. The summed E-state index contributed by atoms with van der Waals surface area (Å²) in [4.78, 5) is 34.6. The molecule has 130 valence electrons. The van der Waals surface area contributed by atoms with Gasteiger partial charge in [-0.3, -0.25) is 14.9 Å². The van der Waals surface area contributed by atoms with Crippen molar-refractivity contribution in [2.45, 2.75) is 25.4 Å². The van der Waals surface area contributed by atoms with E-state index in [1.807, 2.05) is 66.0 Å². The van der Waals surface area contributed by atoms with Crippen molar-refractivity contribution in [3.8, 4) is 0 Å². The number of primary amides is 1. The fourth-order valence-electron chi connectivity index (χ4n) is 2.49. The summed E-state index contributed by atoms with van der Waals surface area (Å²) in [5.41, 5.74) is 6.83. The summed E-state index contributed by atoms with van der Waals surface area (Å²) in [6.45, 7) is 1.39. The zero-order valence-electron chi connectivity index (χ0n) is 13.8. The van der Waals surface area contributed by atoms with Gasteiger partial charge in [-0.1, -0.05) is 60.7 Å². The molecule has 0 fully saturated rings. The second-order valence-corrected chi connectivity index (χ2v) is 5.56. The SMILES string of the molecule is C[C@@H](OC(=O)CC(c1ccccc1)c1ccccc1)C(=O)NC(N)=O. The van der Waals surface area contributed by atoms with E-state index in [4.69, 9.17) is 10.5 Å². The van der Waals surface area contributed by atoms with Crippen molar-refractivity contribution in [3.05, 3.63) is 71.8 Å². The Balaban J connectivity index is 2.11. The molecule has 3 N–H and O–H groups in total. The average molecular weight is 340 g/mol. The monoisotopic (exact) mass is 340 g/mol. The predicted octanol–water partition coefficient (Wildman–Crippen LogP) is 2.34. The molecule has 0 heterocycles. The minimum absolute atomic E-state index is 0.0716. The Hall–Kier alpha value is -3.15. The van der Waals surface area contributed by atoms with E-state index in [9.17, 15) is 14.4 Å². The van der Waals surface area contributed by atoms with Gasteiger partial charge in [0.15, 0.2) is 6.10 Å². The standard InChI is InChI=1S/C19H20N2O4/c1-13(18(23)21-19(20)24)25-17(22)12-16(14-8-4-2-5-9-14)15-10-6-3-7-11-15/h2-11,13,16H,12H2,1H3,(H3,20,21,23,24)/t13-/m1/s1. The van der Waals surface area contributed by atoms with Crippen LogP contribution in [0.2, 0.25) is 0 Å². The molecule has 2 aromatic carbocycles. The molecule has 0 bridgehead atoms. The zero-order chi connectivity index (χ0) is 18.2. The summed E-state index contributed by atoms with van der Waals surface area (Å²) in [5.74, 6) is -1.48. The molecular formula is C19H20N2O4. The van der Waals surface area contributed by atoms with Gasteiger partial charge in [0.2, 0.25) is 0 Å². The maximum atomic E-state index is 12.3. The van der Waals surface area contributed by atoms with Crippen LogP contribution >= 0.6 is 0 Å². The van der Waals surface area contributed by atoms with Gasteiger partial charge < -0.3 is 10.5 Å². The van der Waals surface area contributed by atoms with Crippen LogP contribution in [0.3, 0.4) is 0 Å². The van der Waals surface area contributed by atoms with Crippen LogP contribution in [0.15, 0.2) is 60.7 Å². The quantitative estimate of drug-likeness (QED) is 0.789. The highest BCUT2D eigenvalue weighted by atomic mass is 16.5. The van der Waals surface area contributed by atoms with E-state index in [1.54, 1.807) is 0 Å². The molecule has 0 aliphatic rings. The number of hydrogen-bond donors (Lipinski definition) is 2. The molecule has 0 saturated carbocycles. The Morgan fingerprint density at radius 2 is 1.44 bits per heavy atom. The Labute approximate surface area is 146 Å². The van der Waals surface area contributed by atoms with Crippen molar-refractivity contribution in [3.63, 3.8) is 0 Å². The van der Waals surface area contributed by atoms with Gasteiger partial charge in [0, 0.05) is 5.92 Å². The minimum atomic E-state index is -1.10. The van der Waals surface area contributed by atoms with Crippen molar-refractivity contribution in [2.75, 3.05) is 0 Å². The number of urea groups is 1. The highest BCUT2D eigenvalue weighted by Gasteiger charge is 2.23. The molecule has 0 unspecified atom stereocenters. The summed E-state index contributed by atoms with van der Waals surface area (Å²) in [6, 6.07) is 18.2. The second-order valence-electron chi connectivity index (χ2n) is 5.56. The number of amides is 3. The van der Waals surface area contributed by atoms with Crippen LogP contribution in [-0.2, 0) is 14.3 Å². The van der Waals surface area contributed by atoms with Crippen molar-refractivity contribution in [2.24, 2.45) is 5.73 Å². The molecule has 0 aliphatic heterocycles. The number of carbonyl (C=O) groups excluding carboxylic acids is 3. The van der Waals surface area contributed by atoms with Crippen LogP contribution < -0.4 is 11.1 Å². The summed E-state index contributed by atoms with van der Waals surface area (Å²) in [5, 5.41) is 1.89. The van der Waals surface area contributed by atoms with Crippen LogP contribution in [0.25, 0.3) is 0 Å². The normalized spacial score (nSPS) is 11.6. The van der Waals surface area contributed by atoms with Gasteiger partial charge in [0.05, 0.1) is 6.42 Å². The maximum absolute atomic E-state index is 12.3. The first-order valence-corrected chi connectivity index (χ1v) is 7.87. The van der Waals surface area contributed by atoms with E-state index in [0.29, 0.717) is 0 Å². The van der Waals surface area contributed by atoms with E-state index in [-0.39, 0.29) is 12.3 Å². The van der Waals surface area contributed by atoms with Crippen LogP contribution in [-0.4, -0.2) is 24.0 Å². The highest BCUT2D eigenvalue weighted by Crippen LogP contribution is 2.28. The molecule has 0 saturated heterocycles. The molecule has 2 rings (SSSR count). The molecule has 6 heteroatoms. The first-order valence-electron chi connectivity index (χ1n) is 7.87. The molecule has 0 aromatic heterocycles. The summed E-state index contributed by atoms with van der Waals surface area (Å²) >= 11 is 0. The van der Waals surface area contributed by atoms with Crippen molar-refractivity contribution in [1.82, 2.24) is 5.32 Å². The molecule has 0 aliphatic carbocycles. The number of nitrogens with two attached hydrogens (primary N) is 1. The van der Waals surface area contributed by atoms with Crippen LogP contribution in [0.5, 0.6) is 0 Å². The lowest BCUT2D eigenvalue weighted by Crippen LogP contribution is -2.42. The second kappa shape index (κ2) is 8.63. The van der Waals surface area contributed by atoms with E-state index < -0.39 is 24.0 Å². The lowest BCUT2D eigenvalue weighted by atomic mass is 9.88. The van der Waals surface area contributed by atoms with Gasteiger partial charge >= 0.3 is 12.0 Å². The molecule has 3 amide bonds. The van der Waals surface area contributed by atoms with E-state index >= 15 is 0 Å². The van der Waals surface area contributed by atoms with Crippen LogP contribution in [0.4, 0.5) is 4.79 Å². The summed E-state index contributed by atoms with van der Waals surface area (Å²) in [6.07, 6.45) is -1.03. The van der Waals surface area contributed by atoms with E-state index in [0.717, 1.165) is 11.1 Å². The highest BCUT2D eigenvalue weighted by molar-refractivity contribution is 5.96. The lowest BCUT2D eigenvalue weighted by molar-refractivity contribution is -0.154. The number of carbonyl (C=O) groups is 3. The smallest absolute Gasteiger partial charge is 0.318 e. The van der Waals surface area contributed by atoms with Gasteiger partial charge in [-0.05, 0) is 18.1 Å². The third kappa shape index (κ3) is 5.46. The molecule has 2 aromatic rings. The number of imide groups is 1. The van der Waals surface area contributed by atoms with Crippen molar-refractivity contribution >= 4 is 17.9 Å². The Morgan fingerprint density at radius 1 is 0.960 bits per heavy atom. The van der Waals surface area contributed by atoms with Crippen LogP contribution in [0, 0.1) is 0 Å². The lowest BCUT2D eigenvalue weighted by Gasteiger charge is -2.19. The summed E-state index contributed by atoms with van der Waals surface area (Å²) in [7, 11) is 0. The van der Waals surface area contributed by atoms with Crippen molar-refractivity contribution in [1.29, 1.82) is 0 Å². The van der Waals surface area contributed by atoms with Gasteiger partial charge in [-0.25, -0.2) is 4.79 Å². The number of esters is 1. The molecule has 6 nitrogen and oxygen atoms in total. The first kappa shape index (κ1) is 18.2. The van der Waals surface area contributed by atoms with Gasteiger partial charge in [-0.15, -0.1) is 0 Å². The number of benzene rings is 2. The molecular weight excluding hydrogens is 320 g/mol. The molecule has 0 radical (unpaired) electrons. The largest absolute Gasteiger partial charge is 0.453 e.